The second-order valence-corrected chi connectivity index (χ2v) is 2.56. The fourth-order valence-corrected chi connectivity index (χ4v) is 1.06. The van der Waals surface area contributed by atoms with Crippen molar-refractivity contribution in [1.29, 1.82) is 5.26 Å². The lowest BCUT2D eigenvalue weighted by atomic mass is 10.2. The summed E-state index contributed by atoms with van der Waals surface area (Å²) in [6.07, 6.45) is 0. The quantitative estimate of drug-likeness (QED) is 0.601. The van der Waals surface area contributed by atoms with Crippen LogP contribution < -0.4 is 5.32 Å². The molecule has 56 valence electrons. The van der Waals surface area contributed by atoms with E-state index in [2.05, 4.69) is 27.3 Å². The minimum atomic E-state index is 0.685. The molecule has 2 nitrogen and oxygen atoms in total. The van der Waals surface area contributed by atoms with Crippen LogP contribution in [-0.2, 0) is 0 Å². The van der Waals surface area contributed by atoms with Gasteiger partial charge in [0, 0.05) is 5.69 Å². The molecular weight excluding hydrogens is 204 g/mol. The number of rotatable bonds is 2. The topological polar surface area (TPSA) is 35.8 Å². The number of hydrogen-bond acceptors (Lipinski definition) is 2. The van der Waals surface area contributed by atoms with Crippen molar-refractivity contribution in [2.24, 2.45) is 0 Å². The third-order valence-electron chi connectivity index (χ3n) is 1.28. The van der Waals surface area contributed by atoms with Crippen molar-refractivity contribution in [2.45, 2.75) is 0 Å². The van der Waals surface area contributed by atoms with E-state index in [4.69, 9.17) is 5.26 Å². The van der Waals surface area contributed by atoms with Crippen molar-refractivity contribution in [1.82, 2.24) is 0 Å². The fraction of sp³-hybridized carbons (Fsp3) is 0.125. The lowest BCUT2D eigenvalue weighted by Crippen LogP contribution is -1.92. The van der Waals surface area contributed by atoms with Crippen molar-refractivity contribution in [2.75, 3.05) is 10.8 Å². The van der Waals surface area contributed by atoms with Gasteiger partial charge in [-0.1, -0.05) is 15.9 Å². The first-order valence-electron chi connectivity index (χ1n) is 3.17. The van der Waals surface area contributed by atoms with Gasteiger partial charge in [-0.05, 0) is 24.3 Å². The summed E-state index contributed by atoms with van der Waals surface area (Å²) in [4.78, 5) is 0. The highest BCUT2D eigenvalue weighted by atomic mass is 79.9. The molecule has 0 fully saturated rings. The molecule has 11 heavy (non-hydrogen) atoms. The zero-order valence-corrected chi connectivity index (χ0v) is 7.43. The summed E-state index contributed by atoms with van der Waals surface area (Å²) < 4.78 is 0. The number of benzene rings is 1. The number of anilines is 1. The molecule has 0 saturated carbocycles. The predicted molar refractivity (Wildman–Crippen MR) is 48.6 cm³/mol. The van der Waals surface area contributed by atoms with Gasteiger partial charge in [-0.2, -0.15) is 5.26 Å². The third-order valence-corrected chi connectivity index (χ3v) is 1.57. The number of halogens is 1. The average molecular weight is 211 g/mol. The van der Waals surface area contributed by atoms with Crippen LogP contribution in [-0.4, -0.2) is 5.45 Å². The summed E-state index contributed by atoms with van der Waals surface area (Å²) in [6.45, 7) is 0. The molecular formula is C8H7BrN2. The smallest absolute Gasteiger partial charge is 0.0991 e. The van der Waals surface area contributed by atoms with Gasteiger partial charge in [0.2, 0.25) is 0 Å². The van der Waals surface area contributed by atoms with Crippen molar-refractivity contribution >= 4 is 21.6 Å². The van der Waals surface area contributed by atoms with Crippen LogP contribution in [0.25, 0.3) is 0 Å². The molecule has 0 saturated heterocycles. The first-order valence-corrected chi connectivity index (χ1v) is 4.29. The molecule has 1 aromatic rings. The SMILES string of the molecule is N#Cc1ccc(NCBr)cc1. The van der Waals surface area contributed by atoms with Gasteiger partial charge < -0.3 is 5.32 Å². The van der Waals surface area contributed by atoms with Crippen LogP contribution in [0.4, 0.5) is 5.69 Å². The standard InChI is InChI=1S/C8H7BrN2/c9-6-11-8-3-1-7(5-10)2-4-8/h1-4,11H,6H2. The van der Waals surface area contributed by atoms with E-state index >= 15 is 0 Å². The zero-order valence-electron chi connectivity index (χ0n) is 5.84. The van der Waals surface area contributed by atoms with Gasteiger partial charge in [0.25, 0.3) is 0 Å². The van der Waals surface area contributed by atoms with Crippen LogP contribution in [0.1, 0.15) is 5.56 Å². The van der Waals surface area contributed by atoms with Crippen LogP contribution in [0.2, 0.25) is 0 Å². The van der Waals surface area contributed by atoms with E-state index in [0.717, 1.165) is 11.1 Å². The maximum Gasteiger partial charge on any atom is 0.0991 e. The highest BCUT2D eigenvalue weighted by molar-refractivity contribution is 9.09. The molecule has 0 aromatic heterocycles. The van der Waals surface area contributed by atoms with Gasteiger partial charge in [-0.15, -0.1) is 0 Å². The Kier molecular flexibility index (Phi) is 2.94. The molecule has 0 unspecified atom stereocenters. The first kappa shape index (κ1) is 8.09. The van der Waals surface area contributed by atoms with E-state index in [1.54, 1.807) is 12.1 Å². The van der Waals surface area contributed by atoms with Gasteiger partial charge in [0.1, 0.15) is 0 Å². The summed E-state index contributed by atoms with van der Waals surface area (Å²) in [5.41, 5.74) is 2.42. The summed E-state index contributed by atoms with van der Waals surface area (Å²) in [5.74, 6) is 0. The molecule has 0 amide bonds. The largest absolute Gasteiger partial charge is 0.375 e. The molecule has 3 heteroatoms. The number of nitriles is 1. The Morgan fingerprint density at radius 3 is 2.45 bits per heavy atom. The summed E-state index contributed by atoms with van der Waals surface area (Å²) in [6, 6.07) is 9.37. The monoisotopic (exact) mass is 210 g/mol. The normalized spacial score (nSPS) is 8.73. The van der Waals surface area contributed by atoms with Crippen LogP contribution in [0.3, 0.4) is 0 Å². The molecule has 1 aromatic carbocycles. The molecule has 0 aliphatic heterocycles. The average Bonchev–Trinajstić information content (AvgIpc) is 2.07. The molecule has 0 atom stereocenters. The molecule has 0 spiro atoms. The molecule has 0 heterocycles. The minimum absolute atomic E-state index is 0.685. The fourth-order valence-electron chi connectivity index (χ4n) is 0.740. The molecule has 0 aliphatic rings. The Hall–Kier alpha value is -1.01. The summed E-state index contributed by atoms with van der Waals surface area (Å²) >= 11 is 3.25. The molecule has 0 radical (unpaired) electrons. The highest BCUT2D eigenvalue weighted by Crippen LogP contribution is 2.08. The molecule has 0 bridgehead atoms. The second-order valence-electron chi connectivity index (χ2n) is 2.00. The number of alkyl halides is 1. The maximum atomic E-state index is 8.48. The Bertz CT molecular complexity index is 260. The van der Waals surface area contributed by atoms with E-state index in [1.165, 1.54) is 0 Å². The van der Waals surface area contributed by atoms with E-state index in [1.807, 2.05) is 12.1 Å². The van der Waals surface area contributed by atoms with Crippen LogP contribution in [0.15, 0.2) is 24.3 Å². The van der Waals surface area contributed by atoms with E-state index in [-0.39, 0.29) is 0 Å². The van der Waals surface area contributed by atoms with Crippen molar-refractivity contribution in [3.05, 3.63) is 29.8 Å². The molecule has 1 N–H and O–H groups in total. The maximum absolute atomic E-state index is 8.48. The second kappa shape index (κ2) is 3.99. The van der Waals surface area contributed by atoms with Crippen LogP contribution in [0, 0.1) is 11.3 Å². The summed E-state index contributed by atoms with van der Waals surface area (Å²) in [5, 5.41) is 11.5. The minimum Gasteiger partial charge on any atom is -0.375 e. The third kappa shape index (κ3) is 2.24. The van der Waals surface area contributed by atoms with E-state index in [0.29, 0.717) is 5.56 Å². The number of nitrogens with one attached hydrogen (secondary N) is 1. The Labute approximate surface area is 74.0 Å². The Morgan fingerprint density at radius 2 is 2.00 bits per heavy atom. The zero-order chi connectivity index (χ0) is 8.10. The van der Waals surface area contributed by atoms with Gasteiger partial charge in [0.15, 0.2) is 0 Å². The summed E-state index contributed by atoms with van der Waals surface area (Å²) in [7, 11) is 0. The predicted octanol–water partition coefficient (Wildman–Crippen LogP) is 2.32. The van der Waals surface area contributed by atoms with Gasteiger partial charge >= 0.3 is 0 Å². The number of nitrogens with zero attached hydrogens (tertiary/aromatic N) is 1. The Balaban J connectivity index is 2.76. The van der Waals surface area contributed by atoms with Gasteiger partial charge in [0.05, 0.1) is 17.1 Å². The molecule has 0 aliphatic carbocycles. The van der Waals surface area contributed by atoms with E-state index in [9.17, 15) is 0 Å². The van der Waals surface area contributed by atoms with Gasteiger partial charge in [-0.3, -0.25) is 0 Å². The van der Waals surface area contributed by atoms with E-state index < -0.39 is 0 Å². The number of hydrogen-bond donors (Lipinski definition) is 1. The molecule has 1 rings (SSSR count). The highest BCUT2D eigenvalue weighted by Gasteiger charge is 1.89. The van der Waals surface area contributed by atoms with Crippen molar-refractivity contribution < 1.29 is 0 Å². The lowest BCUT2D eigenvalue weighted by Gasteiger charge is -1.99. The van der Waals surface area contributed by atoms with Crippen LogP contribution in [0.5, 0.6) is 0 Å². The van der Waals surface area contributed by atoms with Gasteiger partial charge in [-0.25, -0.2) is 0 Å². The van der Waals surface area contributed by atoms with Crippen molar-refractivity contribution in [3.63, 3.8) is 0 Å². The van der Waals surface area contributed by atoms with Crippen LogP contribution >= 0.6 is 15.9 Å². The Morgan fingerprint density at radius 1 is 1.36 bits per heavy atom. The van der Waals surface area contributed by atoms with Crippen molar-refractivity contribution in [3.8, 4) is 6.07 Å². The first-order chi connectivity index (χ1) is 5.36. The lowest BCUT2D eigenvalue weighted by molar-refractivity contribution is 1.45.